The molecule has 1 aromatic heterocycles. The molecule has 1 saturated heterocycles. The summed E-state index contributed by atoms with van der Waals surface area (Å²) in [6.07, 6.45) is 0.787. The molecule has 27 heavy (non-hydrogen) atoms. The Bertz CT molecular complexity index is 1050. The van der Waals surface area contributed by atoms with Crippen molar-refractivity contribution in [3.05, 3.63) is 63.9 Å². The first-order valence-corrected chi connectivity index (χ1v) is 9.50. The standard InChI is InChI=1S/C22H22N2O3/c25-22-17-5-2-1-4-15(17)19-14-18-16(21(19)23-22)6-3-7-20(18)27-13-10-24-8-11-26-12-9-24/h1-7H,8-14H2,(H,23,25). The Morgan fingerprint density at radius 2 is 1.81 bits per heavy atom. The van der Waals surface area contributed by atoms with Crippen molar-refractivity contribution in [3.8, 4) is 17.0 Å². The molecule has 0 amide bonds. The molecule has 5 heteroatoms. The van der Waals surface area contributed by atoms with Gasteiger partial charge in [-0.15, -0.1) is 0 Å². The maximum absolute atomic E-state index is 12.5. The lowest BCUT2D eigenvalue weighted by molar-refractivity contribution is 0.0322. The first kappa shape index (κ1) is 16.5. The van der Waals surface area contributed by atoms with Crippen molar-refractivity contribution in [1.29, 1.82) is 0 Å². The van der Waals surface area contributed by atoms with Crippen LogP contribution in [-0.4, -0.2) is 49.3 Å². The first-order chi connectivity index (χ1) is 13.3. The zero-order valence-corrected chi connectivity index (χ0v) is 15.2. The van der Waals surface area contributed by atoms with Crippen LogP contribution in [0.25, 0.3) is 22.0 Å². The highest BCUT2D eigenvalue weighted by atomic mass is 16.5. The lowest BCUT2D eigenvalue weighted by Gasteiger charge is -2.26. The summed E-state index contributed by atoms with van der Waals surface area (Å²) in [6, 6.07) is 13.9. The third-order valence-electron chi connectivity index (χ3n) is 5.56. The number of benzene rings is 2. The molecule has 1 aliphatic carbocycles. The molecule has 0 radical (unpaired) electrons. The molecule has 2 aromatic carbocycles. The van der Waals surface area contributed by atoms with Crippen molar-refractivity contribution in [1.82, 2.24) is 9.88 Å². The second-order valence-electron chi connectivity index (χ2n) is 7.11. The van der Waals surface area contributed by atoms with E-state index in [-0.39, 0.29) is 5.56 Å². The molecule has 2 aliphatic rings. The van der Waals surface area contributed by atoms with E-state index in [1.807, 2.05) is 36.4 Å². The fourth-order valence-electron chi connectivity index (χ4n) is 4.15. The van der Waals surface area contributed by atoms with E-state index in [0.717, 1.165) is 67.0 Å². The van der Waals surface area contributed by atoms with E-state index >= 15 is 0 Å². The average Bonchev–Trinajstić information content (AvgIpc) is 3.09. The van der Waals surface area contributed by atoms with Gasteiger partial charge in [-0.3, -0.25) is 9.69 Å². The normalized spacial score (nSPS) is 16.3. The van der Waals surface area contributed by atoms with Crippen molar-refractivity contribution in [2.45, 2.75) is 6.42 Å². The van der Waals surface area contributed by atoms with Crippen molar-refractivity contribution >= 4 is 10.8 Å². The van der Waals surface area contributed by atoms with Gasteiger partial charge in [0.05, 0.1) is 18.9 Å². The number of aromatic nitrogens is 1. The van der Waals surface area contributed by atoms with Gasteiger partial charge in [0.25, 0.3) is 5.56 Å². The highest BCUT2D eigenvalue weighted by molar-refractivity contribution is 5.93. The average molecular weight is 362 g/mol. The van der Waals surface area contributed by atoms with Crippen LogP contribution in [0.3, 0.4) is 0 Å². The molecule has 1 fully saturated rings. The van der Waals surface area contributed by atoms with E-state index in [2.05, 4.69) is 16.0 Å². The van der Waals surface area contributed by atoms with Gasteiger partial charge in [0, 0.05) is 42.6 Å². The van der Waals surface area contributed by atoms with E-state index in [1.165, 1.54) is 11.1 Å². The number of H-pyrrole nitrogens is 1. The second kappa shape index (κ2) is 6.83. The van der Waals surface area contributed by atoms with Crippen LogP contribution in [0, 0.1) is 0 Å². The molecule has 0 unspecified atom stereocenters. The molecule has 0 atom stereocenters. The number of rotatable bonds is 4. The Morgan fingerprint density at radius 1 is 1.00 bits per heavy atom. The smallest absolute Gasteiger partial charge is 0.256 e. The number of ether oxygens (including phenoxy) is 2. The summed E-state index contributed by atoms with van der Waals surface area (Å²) in [4.78, 5) is 17.9. The monoisotopic (exact) mass is 362 g/mol. The van der Waals surface area contributed by atoms with E-state index in [0.29, 0.717) is 6.61 Å². The molecule has 1 aliphatic heterocycles. The predicted octanol–water partition coefficient (Wildman–Crippen LogP) is 2.81. The van der Waals surface area contributed by atoms with Crippen molar-refractivity contribution < 1.29 is 9.47 Å². The largest absolute Gasteiger partial charge is 0.492 e. The molecule has 0 spiro atoms. The minimum Gasteiger partial charge on any atom is -0.492 e. The van der Waals surface area contributed by atoms with Gasteiger partial charge in [0.15, 0.2) is 0 Å². The Hall–Kier alpha value is -2.63. The van der Waals surface area contributed by atoms with Crippen molar-refractivity contribution in [2.75, 3.05) is 39.5 Å². The second-order valence-corrected chi connectivity index (χ2v) is 7.11. The van der Waals surface area contributed by atoms with Crippen LogP contribution in [0.5, 0.6) is 5.75 Å². The van der Waals surface area contributed by atoms with E-state index < -0.39 is 0 Å². The van der Waals surface area contributed by atoms with Gasteiger partial charge >= 0.3 is 0 Å². The summed E-state index contributed by atoms with van der Waals surface area (Å²) in [7, 11) is 0. The third-order valence-corrected chi connectivity index (χ3v) is 5.56. The van der Waals surface area contributed by atoms with Gasteiger partial charge in [-0.05, 0) is 23.1 Å². The number of morpholine rings is 1. The van der Waals surface area contributed by atoms with Crippen LogP contribution in [-0.2, 0) is 11.2 Å². The predicted molar refractivity (Wildman–Crippen MR) is 106 cm³/mol. The highest BCUT2D eigenvalue weighted by Gasteiger charge is 2.25. The first-order valence-electron chi connectivity index (χ1n) is 9.50. The van der Waals surface area contributed by atoms with E-state index in [4.69, 9.17) is 9.47 Å². The topological polar surface area (TPSA) is 54.6 Å². The van der Waals surface area contributed by atoms with Gasteiger partial charge in [0.2, 0.25) is 0 Å². The summed E-state index contributed by atoms with van der Waals surface area (Å²) in [5, 5.41) is 1.78. The minimum absolute atomic E-state index is 0.0316. The summed E-state index contributed by atoms with van der Waals surface area (Å²) in [6.45, 7) is 5.10. The number of nitrogens with zero attached hydrogens (tertiary/aromatic N) is 1. The quantitative estimate of drug-likeness (QED) is 0.607. The molecule has 0 bridgehead atoms. The number of pyridine rings is 1. The fourth-order valence-corrected chi connectivity index (χ4v) is 4.15. The van der Waals surface area contributed by atoms with Gasteiger partial charge in [-0.25, -0.2) is 0 Å². The van der Waals surface area contributed by atoms with Crippen LogP contribution >= 0.6 is 0 Å². The molecule has 2 heterocycles. The zero-order chi connectivity index (χ0) is 18.2. The van der Waals surface area contributed by atoms with Crippen molar-refractivity contribution in [2.24, 2.45) is 0 Å². The maximum Gasteiger partial charge on any atom is 0.256 e. The molecule has 0 saturated carbocycles. The van der Waals surface area contributed by atoms with Crippen molar-refractivity contribution in [3.63, 3.8) is 0 Å². The Morgan fingerprint density at radius 3 is 2.67 bits per heavy atom. The number of nitrogens with one attached hydrogen (secondary N) is 1. The summed E-state index contributed by atoms with van der Waals surface area (Å²) >= 11 is 0. The fraction of sp³-hybridized carbons (Fsp3) is 0.318. The number of aromatic amines is 1. The van der Waals surface area contributed by atoms with Crippen LogP contribution in [0.1, 0.15) is 11.1 Å². The van der Waals surface area contributed by atoms with Crippen LogP contribution in [0.2, 0.25) is 0 Å². The van der Waals surface area contributed by atoms with E-state index in [9.17, 15) is 4.79 Å². The van der Waals surface area contributed by atoms with Gasteiger partial charge in [-0.1, -0.05) is 30.3 Å². The molecule has 5 rings (SSSR count). The summed E-state index contributed by atoms with van der Waals surface area (Å²) in [5.41, 5.74) is 4.34. The highest BCUT2D eigenvalue weighted by Crippen LogP contribution is 2.41. The number of hydrogen-bond donors (Lipinski definition) is 1. The minimum atomic E-state index is -0.0316. The van der Waals surface area contributed by atoms with Gasteiger partial charge in [-0.2, -0.15) is 0 Å². The maximum atomic E-state index is 12.5. The Labute approximate surface area is 157 Å². The lowest BCUT2D eigenvalue weighted by atomic mass is 10.0. The summed E-state index contributed by atoms with van der Waals surface area (Å²) < 4.78 is 11.5. The Kier molecular flexibility index (Phi) is 4.19. The molecule has 138 valence electrons. The molecular weight excluding hydrogens is 340 g/mol. The third kappa shape index (κ3) is 2.93. The van der Waals surface area contributed by atoms with Crippen LogP contribution in [0.4, 0.5) is 0 Å². The van der Waals surface area contributed by atoms with Gasteiger partial charge < -0.3 is 14.5 Å². The molecule has 5 nitrogen and oxygen atoms in total. The van der Waals surface area contributed by atoms with Crippen LogP contribution < -0.4 is 10.3 Å². The van der Waals surface area contributed by atoms with Gasteiger partial charge in [0.1, 0.15) is 12.4 Å². The number of hydrogen-bond acceptors (Lipinski definition) is 4. The zero-order valence-electron chi connectivity index (χ0n) is 15.2. The summed E-state index contributed by atoms with van der Waals surface area (Å²) in [5.74, 6) is 0.918. The molecule has 3 aromatic rings. The SMILES string of the molecule is O=c1[nH]c2c(c3ccccc13)Cc1c(OCCN3CCOCC3)cccc1-2. The van der Waals surface area contributed by atoms with E-state index in [1.54, 1.807) is 0 Å². The molecular formula is C22H22N2O3. The Balaban J connectivity index is 1.43. The number of fused-ring (bicyclic) bond motifs is 5. The molecule has 1 N–H and O–H groups in total. The van der Waals surface area contributed by atoms with Crippen LogP contribution in [0.15, 0.2) is 47.3 Å². The lowest BCUT2D eigenvalue weighted by Crippen LogP contribution is -2.38.